The van der Waals surface area contributed by atoms with Gasteiger partial charge in [0.05, 0.1) is 33.7 Å². The summed E-state index contributed by atoms with van der Waals surface area (Å²) in [6, 6.07) is 0. The van der Waals surface area contributed by atoms with Gasteiger partial charge in [0.15, 0.2) is 0 Å². The molecule has 18 heavy (non-hydrogen) atoms. The van der Waals surface area contributed by atoms with Gasteiger partial charge in [-0.3, -0.25) is 19.3 Å². The summed E-state index contributed by atoms with van der Waals surface area (Å²) in [6.07, 6.45) is -0.723. The molecule has 3 fully saturated rings. The van der Waals surface area contributed by atoms with Crippen molar-refractivity contribution in [3.05, 3.63) is 0 Å². The summed E-state index contributed by atoms with van der Waals surface area (Å²) >= 11 is 6.89. The molecule has 98 valence electrons. The molecule has 2 amide bonds. The van der Waals surface area contributed by atoms with Crippen molar-refractivity contribution >= 4 is 49.6 Å². The molecule has 6 nitrogen and oxygen atoms in total. The second-order valence-electron chi connectivity index (χ2n) is 4.66. The molecule has 0 radical (unpaired) electrons. The van der Waals surface area contributed by atoms with Crippen LogP contribution in [0.15, 0.2) is 0 Å². The molecule has 0 spiro atoms. The van der Waals surface area contributed by atoms with Gasteiger partial charge in [0, 0.05) is 0 Å². The maximum absolute atomic E-state index is 12.1. The average Bonchev–Trinajstić information content (AvgIpc) is 2.88. The van der Waals surface area contributed by atoms with Crippen molar-refractivity contribution in [1.82, 2.24) is 4.90 Å². The van der Waals surface area contributed by atoms with Crippen LogP contribution in [-0.4, -0.2) is 56.2 Å². The second kappa shape index (κ2) is 4.01. The normalized spacial score (nSPS) is 45.8. The van der Waals surface area contributed by atoms with Crippen LogP contribution in [0.3, 0.4) is 0 Å². The van der Waals surface area contributed by atoms with Crippen molar-refractivity contribution in [3.63, 3.8) is 0 Å². The number of rotatable bonds is 2. The van der Waals surface area contributed by atoms with E-state index in [2.05, 4.69) is 31.9 Å². The zero-order valence-electron chi connectivity index (χ0n) is 8.95. The molecular weight excluding hydrogens is 374 g/mol. The van der Waals surface area contributed by atoms with Crippen molar-refractivity contribution in [2.45, 2.75) is 21.9 Å². The number of carboxylic acid groups (broad SMARTS) is 1. The number of likely N-dealkylation sites (tertiary alicyclic amines) is 1. The predicted molar refractivity (Wildman–Crippen MR) is 65.4 cm³/mol. The first kappa shape index (κ1) is 12.6. The molecule has 8 heteroatoms. The number of amides is 2. The number of carbonyl (C=O) groups excluding carboxylic acids is 2. The van der Waals surface area contributed by atoms with Crippen LogP contribution in [0.1, 0.15) is 0 Å². The molecule has 3 saturated heterocycles. The molecule has 3 aliphatic heterocycles. The predicted octanol–water partition coefficient (Wildman–Crippen LogP) is -0.0198. The van der Waals surface area contributed by atoms with Crippen molar-refractivity contribution < 1.29 is 24.2 Å². The molecule has 0 aromatic carbocycles. The van der Waals surface area contributed by atoms with Gasteiger partial charge in [0.25, 0.3) is 0 Å². The summed E-state index contributed by atoms with van der Waals surface area (Å²) in [5, 5.41) is 8.73. The lowest BCUT2D eigenvalue weighted by Crippen LogP contribution is -2.42. The first-order valence-corrected chi connectivity index (χ1v) is 7.27. The Kier molecular flexibility index (Phi) is 2.80. The molecule has 3 heterocycles. The van der Waals surface area contributed by atoms with Crippen molar-refractivity contribution in [2.24, 2.45) is 11.8 Å². The van der Waals surface area contributed by atoms with Crippen molar-refractivity contribution in [1.29, 1.82) is 0 Å². The van der Waals surface area contributed by atoms with Crippen LogP contribution in [-0.2, 0) is 19.1 Å². The third kappa shape index (κ3) is 1.45. The van der Waals surface area contributed by atoms with Gasteiger partial charge in [0.1, 0.15) is 6.54 Å². The Labute approximate surface area is 119 Å². The minimum absolute atomic E-state index is 0.0368. The Balaban J connectivity index is 1.92. The quantitative estimate of drug-likeness (QED) is 0.536. The largest absolute Gasteiger partial charge is 0.480 e. The number of carbonyl (C=O) groups is 3. The van der Waals surface area contributed by atoms with E-state index in [4.69, 9.17) is 9.84 Å². The molecule has 0 aliphatic carbocycles. The highest BCUT2D eigenvalue weighted by Gasteiger charge is 2.68. The summed E-state index contributed by atoms with van der Waals surface area (Å²) in [7, 11) is 0. The van der Waals surface area contributed by atoms with E-state index in [1.54, 1.807) is 0 Å². The van der Waals surface area contributed by atoms with E-state index in [9.17, 15) is 14.4 Å². The van der Waals surface area contributed by atoms with Crippen molar-refractivity contribution in [3.8, 4) is 0 Å². The van der Waals surface area contributed by atoms with E-state index in [1.165, 1.54) is 0 Å². The standard InChI is InChI=1S/C10H9Br2NO5/c11-5-6(12)8-4-3(7(5)18-8)9(16)13(10(4)17)1-2(14)15/h3-8H,1H2,(H,14,15)/t3-,4+,5+,6-,7-,8-/m1/s1. The lowest BCUT2D eigenvalue weighted by atomic mass is 9.81. The van der Waals surface area contributed by atoms with Gasteiger partial charge in [-0.2, -0.15) is 0 Å². The molecule has 3 rings (SSSR count). The number of hydrogen-bond acceptors (Lipinski definition) is 4. The highest BCUT2D eigenvalue weighted by atomic mass is 79.9. The minimum atomic E-state index is -1.18. The molecule has 3 aliphatic rings. The average molecular weight is 383 g/mol. The van der Waals surface area contributed by atoms with Crippen LogP contribution < -0.4 is 0 Å². The summed E-state index contributed by atoms with van der Waals surface area (Å²) in [6.45, 7) is -0.565. The van der Waals surface area contributed by atoms with E-state index >= 15 is 0 Å². The number of imide groups is 1. The van der Waals surface area contributed by atoms with Gasteiger partial charge in [-0.05, 0) is 0 Å². The summed E-state index contributed by atoms with van der Waals surface area (Å²) in [5.41, 5.74) is 0. The van der Waals surface area contributed by atoms with E-state index < -0.39 is 36.2 Å². The maximum Gasteiger partial charge on any atom is 0.323 e. The Morgan fingerprint density at radius 1 is 1.17 bits per heavy atom. The zero-order valence-corrected chi connectivity index (χ0v) is 12.1. The lowest BCUT2D eigenvalue weighted by molar-refractivity contribution is -0.151. The molecule has 1 N–H and O–H groups in total. The number of ether oxygens (including phenoxy) is 1. The first-order chi connectivity index (χ1) is 8.43. The number of hydrogen-bond donors (Lipinski definition) is 1. The number of carboxylic acids is 1. The Hall–Kier alpha value is -0.470. The summed E-state index contributed by atoms with van der Waals surface area (Å²) < 4.78 is 5.65. The van der Waals surface area contributed by atoms with E-state index in [0.29, 0.717) is 0 Å². The van der Waals surface area contributed by atoms with Gasteiger partial charge in [-0.15, -0.1) is 0 Å². The Bertz CT molecular complexity index is 424. The van der Waals surface area contributed by atoms with E-state index in [0.717, 1.165) is 4.90 Å². The van der Waals surface area contributed by atoms with Gasteiger partial charge < -0.3 is 9.84 Å². The van der Waals surface area contributed by atoms with Gasteiger partial charge in [0.2, 0.25) is 11.8 Å². The Morgan fingerprint density at radius 2 is 1.61 bits per heavy atom. The fraction of sp³-hybridized carbons (Fsp3) is 0.700. The van der Waals surface area contributed by atoms with Crippen molar-refractivity contribution in [2.75, 3.05) is 6.54 Å². The number of aliphatic carboxylic acids is 1. The molecule has 2 bridgehead atoms. The number of alkyl halides is 2. The zero-order chi connectivity index (χ0) is 13.2. The topological polar surface area (TPSA) is 83.9 Å². The highest BCUT2D eigenvalue weighted by Crippen LogP contribution is 2.52. The van der Waals surface area contributed by atoms with Crippen LogP contribution >= 0.6 is 31.9 Å². The van der Waals surface area contributed by atoms with Gasteiger partial charge in [-0.1, -0.05) is 31.9 Å². The molecule has 0 saturated carbocycles. The first-order valence-electron chi connectivity index (χ1n) is 5.44. The van der Waals surface area contributed by atoms with E-state index in [1.807, 2.05) is 0 Å². The summed E-state index contributed by atoms with van der Waals surface area (Å²) in [5.74, 6) is -3.12. The van der Waals surface area contributed by atoms with E-state index in [-0.39, 0.29) is 21.9 Å². The molecule has 0 unspecified atom stereocenters. The minimum Gasteiger partial charge on any atom is -0.480 e. The molecule has 6 atom stereocenters. The SMILES string of the molecule is O=C(O)CN1C(=O)[C@@H]2[C@H]3O[C@@H]([C@@H](Br)[C@H]3Br)[C@@H]2C1=O. The summed E-state index contributed by atoms with van der Waals surface area (Å²) in [4.78, 5) is 35.6. The second-order valence-corrected chi connectivity index (χ2v) is 6.78. The number of halogens is 2. The molecular formula is C10H9Br2NO5. The smallest absolute Gasteiger partial charge is 0.323 e. The molecule has 0 aromatic rings. The third-order valence-corrected chi connectivity index (χ3v) is 6.63. The lowest BCUT2D eigenvalue weighted by Gasteiger charge is -2.24. The fourth-order valence-electron chi connectivity index (χ4n) is 3.02. The van der Waals surface area contributed by atoms with Crippen LogP contribution in [0, 0.1) is 11.8 Å². The number of nitrogens with zero attached hydrogens (tertiary/aromatic N) is 1. The van der Waals surface area contributed by atoms with Crippen LogP contribution in [0.25, 0.3) is 0 Å². The highest BCUT2D eigenvalue weighted by molar-refractivity contribution is 9.12. The maximum atomic E-state index is 12.1. The Morgan fingerprint density at radius 3 is 2.00 bits per heavy atom. The monoisotopic (exact) mass is 381 g/mol. The number of fused-ring (bicyclic) bond motifs is 5. The van der Waals surface area contributed by atoms with Crippen LogP contribution in [0.2, 0.25) is 0 Å². The van der Waals surface area contributed by atoms with Crippen LogP contribution in [0.4, 0.5) is 0 Å². The fourth-order valence-corrected chi connectivity index (χ4v) is 4.52. The molecule has 0 aromatic heterocycles. The van der Waals surface area contributed by atoms with Crippen LogP contribution in [0.5, 0.6) is 0 Å². The third-order valence-electron chi connectivity index (χ3n) is 3.74. The van der Waals surface area contributed by atoms with Gasteiger partial charge in [-0.25, -0.2) is 0 Å². The van der Waals surface area contributed by atoms with Gasteiger partial charge >= 0.3 is 5.97 Å².